The molecule has 0 N–H and O–H groups in total. The van der Waals surface area contributed by atoms with Gasteiger partial charge in [-0.3, -0.25) is 0 Å². The number of carbonyl (C=O) groups excluding carboxylic acids is 1. The second kappa shape index (κ2) is 1.98. The van der Waals surface area contributed by atoms with Gasteiger partial charge in [0.2, 0.25) is 0 Å². The fraction of sp³-hybridized carbons (Fsp3) is 0. The van der Waals surface area contributed by atoms with Gasteiger partial charge in [-0.15, -0.1) is 0 Å². The normalized spacial score (nSPS) is 6.50. The maximum absolute atomic E-state index is 9.39. The molecule has 0 saturated carbocycles. The second-order valence-corrected chi connectivity index (χ2v) is 3.65. The van der Waals surface area contributed by atoms with Crippen LogP contribution in [-0.4, -0.2) is 35.6 Å². The molecular formula is CH2OSe2. The Kier molecular flexibility index (Phi) is 2.33. The number of rotatable bonds is 0. The van der Waals surface area contributed by atoms with E-state index < -0.39 is 0 Å². The van der Waals surface area contributed by atoms with Crippen LogP contribution < -0.4 is 0 Å². The molecule has 0 aromatic rings. The van der Waals surface area contributed by atoms with Crippen molar-refractivity contribution in [2.24, 2.45) is 0 Å². The van der Waals surface area contributed by atoms with Crippen molar-refractivity contribution >= 4 is 35.6 Å². The fourth-order valence-corrected chi connectivity index (χ4v) is 0. The molecule has 0 heterocycles. The zero-order chi connectivity index (χ0) is 3.58. The third-order valence-corrected chi connectivity index (χ3v) is 0. The average molecular weight is 188 g/mol. The number of hydrogen-bond acceptors (Lipinski definition) is 1. The van der Waals surface area contributed by atoms with Gasteiger partial charge in [0, 0.05) is 0 Å². The molecule has 0 rings (SSSR count). The molecular weight excluding hydrogens is 186 g/mol. The van der Waals surface area contributed by atoms with Gasteiger partial charge < -0.3 is 0 Å². The van der Waals surface area contributed by atoms with Crippen molar-refractivity contribution in [2.45, 2.75) is 0 Å². The van der Waals surface area contributed by atoms with Gasteiger partial charge in [0.05, 0.1) is 0 Å². The minimum atomic E-state index is 0.0417. The Morgan fingerprint density at radius 2 is 1.50 bits per heavy atom. The van der Waals surface area contributed by atoms with E-state index in [1.807, 2.05) is 32.0 Å². The molecule has 0 bridgehead atoms. The first-order valence-electron chi connectivity index (χ1n) is 0.651. The standard InChI is InChI=1S/CH2OSe2/c2-1(3)4/h(H2,2,3,4). The predicted octanol–water partition coefficient (Wildman–Crippen LogP) is -1.09. The van der Waals surface area contributed by atoms with Gasteiger partial charge in [0.15, 0.2) is 0 Å². The summed E-state index contributed by atoms with van der Waals surface area (Å²) in [5, 5.41) is 0. The van der Waals surface area contributed by atoms with Crippen molar-refractivity contribution in [3.63, 3.8) is 0 Å². The Labute approximate surface area is 40.8 Å². The summed E-state index contributed by atoms with van der Waals surface area (Å²) in [4.78, 5) is 9.39. The second-order valence-electron chi connectivity index (χ2n) is 0.283. The predicted molar refractivity (Wildman–Crippen MR) is 19.7 cm³/mol. The van der Waals surface area contributed by atoms with Crippen molar-refractivity contribution in [2.75, 3.05) is 0 Å². The van der Waals surface area contributed by atoms with Gasteiger partial charge in [-0.25, -0.2) is 0 Å². The van der Waals surface area contributed by atoms with Crippen LogP contribution >= 0.6 is 0 Å². The maximum atomic E-state index is 9.39. The summed E-state index contributed by atoms with van der Waals surface area (Å²) in [6.07, 6.45) is 0. The quantitative estimate of drug-likeness (QED) is 0.441. The van der Waals surface area contributed by atoms with Crippen LogP contribution in [0.2, 0.25) is 0 Å². The van der Waals surface area contributed by atoms with E-state index in [-0.39, 0.29) is 3.58 Å². The van der Waals surface area contributed by atoms with E-state index in [1.165, 1.54) is 0 Å². The van der Waals surface area contributed by atoms with Gasteiger partial charge in [-0.2, -0.15) is 0 Å². The van der Waals surface area contributed by atoms with E-state index >= 15 is 0 Å². The molecule has 24 valence electrons. The van der Waals surface area contributed by atoms with E-state index in [1.54, 1.807) is 0 Å². The molecule has 0 aromatic carbocycles. The molecule has 0 aliphatic carbocycles. The Bertz CT molecular complexity index is 29.0. The van der Waals surface area contributed by atoms with Crippen molar-refractivity contribution in [3.8, 4) is 0 Å². The fourth-order valence-electron chi connectivity index (χ4n) is 0. The molecule has 3 heteroatoms. The van der Waals surface area contributed by atoms with Crippen LogP contribution in [0.15, 0.2) is 0 Å². The van der Waals surface area contributed by atoms with Gasteiger partial charge in [-0.1, -0.05) is 0 Å². The Morgan fingerprint density at radius 1 is 1.50 bits per heavy atom. The summed E-state index contributed by atoms with van der Waals surface area (Å²) in [5.41, 5.74) is 0. The number of carbonyl (C=O) groups is 1. The average Bonchev–Trinajstić information content (AvgIpc) is 0.811. The molecule has 0 spiro atoms. The van der Waals surface area contributed by atoms with Crippen LogP contribution in [0.4, 0.5) is 4.79 Å². The Morgan fingerprint density at radius 3 is 1.50 bits per heavy atom. The minimum absolute atomic E-state index is 0.0417. The van der Waals surface area contributed by atoms with Crippen LogP contribution in [0.5, 0.6) is 0 Å². The first-order chi connectivity index (χ1) is 1.73. The van der Waals surface area contributed by atoms with E-state index in [2.05, 4.69) is 0 Å². The van der Waals surface area contributed by atoms with E-state index in [9.17, 15) is 4.79 Å². The molecule has 0 fully saturated rings. The summed E-state index contributed by atoms with van der Waals surface area (Å²) in [6.45, 7) is 0. The molecule has 0 saturated heterocycles. The SMILES string of the molecule is O=C([SeH])[SeH]. The first kappa shape index (κ1) is 4.71. The van der Waals surface area contributed by atoms with E-state index in [4.69, 9.17) is 0 Å². The van der Waals surface area contributed by atoms with Gasteiger partial charge in [-0.05, 0) is 0 Å². The third-order valence-electron chi connectivity index (χ3n) is 0. The van der Waals surface area contributed by atoms with Crippen molar-refractivity contribution in [3.05, 3.63) is 0 Å². The van der Waals surface area contributed by atoms with Gasteiger partial charge >= 0.3 is 40.4 Å². The third kappa shape index (κ3) is 15.7. The van der Waals surface area contributed by atoms with E-state index in [0.717, 1.165) is 0 Å². The van der Waals surface area contributed by atoms with E-state index in [0.29, 0.717) is 0 Å². The summed E-state index contributed by atoms with van der Waals surface area (Å²) in [7, 11) is 0. The summed E-state index contributed by atoms with van der Waals surface area (Å²) >= 11 is 3.74. The molecule has 0 amide bonds. The number of hydrogen-bond donors (Lipinski definition) is 0. The topological polar surface area (TPSA) is 17.1 Å². The molecule has 0 aliphatic rings. The van der Waals surface area contributed by atoms with Crippen LogP contribution in [0.3, 0.4) is 0 Å². The molecule has 4 heavy (non-hydrogen) atoms. The molecule has 0 aromatic heterocycles. The first-order valence-corrected chi connectivity index (χ1v) is 2.53. The van der Waals surface area contributed by atoms with Crippen LogP contribution in [0, 0.1) is 0 Å². The Hall–Kier alpha value is 0.709. The molecule has 0 atom stereocenters. The van der Waals surface area contributed by atoms with Crippen molar-refractivity contribution in [1.82, 2.24) is 0 Å². The summed E-state index contributed by atoms with van der Waals surface area (Å²) < 4.78 is 0.0417. The zero-order valence-electron chi connectivity index (χ0n) is 1.80. The van der Waals surface area contributed by atoms with Gasteiger partial charge in [0.1, 0.15) is 0 Å². The van der Waals surface area contributed by atoms with Crippen LogP contribution in [0.25, 0.3) is 0 Å². The molecule has 0 aliphatic heterocycles. The summed E-state index contributed by atoms with van der Waals surface area (Å²) in [6, 6.07) is 0. The molecule has 1 nitrogen and oxygen atoms in total. The van der Waals surface area contributed by atoms with Crippen molar-refractivity contribution in [1.29, 1.82) is 0 Å². The van der Waals surface area contributed by atoms with Crippen LogP contribution in [0.1, 0.15) is 0 Å². The van der Waals surface area contributed by atoms with Crippen molar-refractivity contribution < 1.29 is 4.79 Å². The molecule has 0 unspecified atom stereocenters. The van der Waals surface area contributed by atoms with Crippen LogP contribution in [-0.2, 0) is 0 Å². The van der Waals surface area contributed by atoms with Gasteiger partial charge in [0.25, 0.3) is 0 Å². The summed E-state index contributed by atoms with van der Waals surface area (Å²) in [5.74, 6) is 0. The zero-order valence-corrected chi connectivity index (χ0v) is 5.56. The monoisotopic (exact) mass is 190 g/mol. The Balaban J connectivity index is 2.80. The molecule has 0 radical (unpaired) electrons.